The van der Waals surface area contributed by atoms with E-state index in [4.69, 9.17) is 0 Å². The molecule has 0 N–H and O–H groups in total. The molecule has 0 radical (unpaired) electrons. The molecule has 116 valence electrons. The zero-order valence-electron chi connectivity index (χ0n) is 10.0. The van der Waals surface area contributed by atoms with E-state index in [1.165, 1.54) is 0 Å². The fraction of sp³-hybridized carbons (Fsp3) is 1.00. The lowest BCUT2D eigenvalue weighted by Crippen LogP contribution is -2.60. The highest BCUT2D eigenvalue weighted by molar-refractivity contribution is 4.96. The Hall–Kier alpha value is -0.670. The minimum absolute atomic E-state index is 0.136. The number of alkyl halides is 9. The lowest BCUT2D eigenvalue weighted by molar-refractivity contribution is -0.449. The summed E-state index contributed by atoms with van der Waals surface area (Å²) >= 11 is 0. The summed E-state index contributed by atoms with van der Waals surface area (Å²) in [5.41, 5.74) is -9.08. The lowest BCUT2D eigenvalue weighted by Gasteiger charge is -2.37. The molecule has 2 unspecified atom stereocenters. The van der Waals surface area contributed by atoms with Gasteiger partial charge in [-0.1, -0.05) is 0 Å². The maximum atomic E-state index is 13.2. The maximum Gasteiger partial charge on any atom is 0.400 e. The molecule has 0 fully saturated rings. The fourth-order valence-corrected chi connectivity index (χ4v) is 0.697. The van der Waals surface area contributed by atoms with Crippen molar-refractivity contribution in [1.82, 2.24) is 0 Å². The first kappa shape index (κ1) is 18.3. The van der Waals surface area contributed by atoms with E-state index in [2.05, 4.69) is 4.74 Å². The van der Waals surface area contributed by atoms with Gasteiger partial charge in [0.1, 0.15) is 6.67 Å². The van der Waals surface area contributed by atoms with Crippen molar-refractivity contribution in [2.45, 2.75) is 50.2 Å². The van der Waals surface area contributed by atoms with Gasteiger partial charge in [-0.15, -0.1) is 0 Å². The van der Waals surface area contributed by atoms with Crippen molar-refractivity contribution in [2.24, 2.45) is 0 Å². The molecule has 0 spiro atoms. The SMILES string of the molecule is CC(F)(F)C(C)(F)C(F)(F)OC(F)(F)C(C)(F)CF. The number of hydrogen-bond donors (Lipinski definition) is 0. The molecule has 2 atom stereocenters. The predicted octanol–water partition coefficient (Wildman–Crippen LogP) is 4.27. The van der Waals surface area contributed by atoms with Crippen molar-refractivity contribution in [3.05, 3.63) is 0 Å². The molecule has 0 rings (SSSR count). The first-order chi connectivity index (χ1) is 8.02. The van der Waals surface area contributed by atoms with Crippen LogP contribution < -0.4 is 0 Å². The number of rotatable bonds is 6. The number of halogens is 9. The second kappa shape index (κ2) is 4.71. The summed E-state index contributed by atoms with van der Waals surface area (Å²) in [6, 6.07) is 0. The Labute approximate surface area is 102 Å². The Morgan fingerprint density at radius 3 is 1.37 bits per heavy atom. The van der Waals surface area contributed by atoms with Gasteiger partial charge in [-0.25, -0.2) is 26.7 Å². The lowest BCUT2D eigenvalue weighted by atomic mass is 10.00. The third-order valence-electron chi connectivity index (χ3n) is 2.49. The molecule has 0 aliphatic carbocycles. The minimum atomic E-state index is -5.75. The first-order valence-electron chi connectivity index (χ1n) is 4.79. The van der Waals surface area contributed by atoms with Crippen molar-refractivity contribution in [3.63, 3.8) is 0 Å². The molecule has 0 bridgehead atoms. The van der Waals surface area contributed by atoms with Crippen LogP contribution in [0.2, 0.25) is 0 Å². The Bertz CT molecular complexity index is 318. The van der Waals surface area contributed by atoms with Gasteiger partial charge in [-0.05, 0) is 13.8 Å². The zero-order valence-corrected chi connectivity index (χ0v) is 10.0. The van der Waals surface area contributed by atoms with E-state index in [1.54, 1.807) is 0 Å². The van der Waals surface area contributed by atoms with Gasteiger partial charge in [0.25, 0.3) is 11.6 Å². The van der Waals surface area contributed by atoms with E-state index in [0.29, 0.717) is 0 Å². The van der Waals surface area contributed by atoms with Crippen LogP contribution in [0.1, 0.15) is 20.8 Å². The average Bonchev–Trinajstić information content (AvgIpc) is 2.13. The summed E-state index contributed by atoms with van der Waals surface area (Å²) in [6.45, 7) is -3.27. The van der Waals surface area contributed by atoms with Gasteiger partial charge in [0.15, 0.2) is 0 Å². The summed E-state index contributed by atoms with van der Waals surface area (Å²) in [5.74, 6) is -4.77. The van der Waals surface area contributed by atoms with Crippen LogP contribution in [0.5, 0.6) is 0 Å². The highest BCUT2D eigenvalue weighted by Gasteiger charge is 2.70. The predicted molar refractivity (Wildman–Crippen MR) is 46.6 cm³/mol. The van der Waals surface area contributed by atoms with Crippen LogP contribution in [0.15, 0.2) is 0 Å². The van der Waals surface area contributed by atoms with Crippen LogP contribution >= 0.6 is 0 Å². The largest absolute Gasteiger partial charge is 0.400 e. The normalized spacial score (nSPS) is 20.8. The van der Waals surface area contributed by atoms with E-state index in [9.17, 15) is 39.5 Å². The summed E-state index contributed by atoms with van der Waals surface area (Å²) < 4.78 is 118. The van der Waals surface area contributed by atoms with E-state index >= 15 is 0 Å². The van der Waals surface area contributed by atoms with Gasteiger partial charge in [0.2, 0.25) is 5.67 Å². The Morgan fingerprint density at radius 1 is 0.737 bits per heavy atom. The molecule has 0 aromatic rings. The van der Waals surface area contributed by atoms with Crippen LogP contribution in [0.3, 0.4) is 0 Å². The van der Waals surface area contributed by atoms with Crippen molar-refractivity contribution >= 4 is 0 Å². The van der Waals surface area contributed by atoms with Gasteiger partial charge in [0.05, 0.1) is 0 Å². The van der Waals surface area contributed by atoms with E-state index in [0.717, 1.165) is 0 Å². The van der Waals surface area contributed by atoms with Crippen molar-refractivity contribution in [1.29, 1.82) is 0 Å². The van der Waals surface area contributed by atoms with Gasteiger partial charge in [-0.2, -0.15) is 17.6 Å². The van der Waals surface area contributed by atoms with Crippen LogP contribution in [0.25, 0.3) is 0 Å². The monoisotopic (exact) mass is 306 g/mol. The molecule has 0 saturated carbocycles. The van der Waals surface area contributed by atoms with Gasteiger partial charge in [0, 0.05) is 6.92 Å². The van der Waals surface area contributed by atoms with Crippen molar-refractivity contribution in [2.75, 3.05) is 6.67 Å². The Morgan fingerprint density at radius 2 is 1.11 bits per heavy atom. The topological polar surface area (TPSA) is 9.23 Å². The molecule has 1 nitrogen and oxygen atoms in total. The quantitative estimate of drug-likeness (QED) is 0.666. The zero-order chi connectivity index (χ0) is 15.9. The second-order valence-corrected chi connectivity index (χ2v) is 4.36. The van der Waals surface area contributed by atoms with Crippen LogP contribution in [0, 0.1) is 0 Å². The Kier molecular flexibility index (Phi) is 4.54. The molecule has 10 heteroatoms. The molecule has 0 saturated heterocycles. The van der Waals surface area contributed by atoms with Crippen LogP contribution in [0.4, 0.5) is 39.5 Å². The Balaban J connectivity index is 5.39. The summed E-state index contributed by atoms with van der Waals surface area (Å²) in [6.07, 6.45) is -11.3. The summed E-state index contributed by atoms with van der Waals surface area (Å²) in [5, 5.41) is 0. The number of hydrogen-bond acceptors (Lipinski definition) is 1. The average molecular weight is 306 g/mol. The highest BCUT2D eigenvalue weighted by Crippen LogP contribution is 2.48. The van der Waals surface area contributed by atoms with Gasteiger partial charge in [-0.3, -0.25) is 0 Å². The molecule has 0 aromatic carbocycles. The summed E-state index contributed by atoms with van der Waals surface area (Å²) in [7, 11) is 0. The fourth-order valence-electron chi connectivity index (χ4n) is 0.697. The van der Waals surface area contributed by atoms with Crippen LogP contribution in [-0.2, 0) is 4.74 Å². The van der Waals surface area contributed by atoms with Crippen LogP contribution in [-0.4, -0.2) is 36.2 Å². The van der Waals surface area contributed by atoms with Gasteiger partial charge < -0.3 is 0 Å². The smallest absolute Gasteiger partial charge is 0.250 e. The molecule has 0 heterocycles. The van der Waals surface area contributed by atoms with E-state index < -0.39 is 43.1 Å². The standard InChI is InChI=1S/C9H11F9O/c1-5(11,4-10)8(15,16)19-9(17,18)6(2,12)7(3,13)14/h4H2,1-3H3. The molecule has 0 aromatic heterocycles. The van der Waals surface area contributed by atoms with Crippen molar-refractivity contribution in [3.8, 4) is 0 Å². The molecular formula is C9H11F9O. The molecule has 0 aliphatic rings. The maximum absolute atomic E-state index is 13.2. The third-order valence-corrected chi connectivity index (χ3v) is 2.49. The molecule has 0 aliphatic heterocycles. The molecule has 19 heavy (non-hydrogen) atoms. The van der Waals surface area contributed by atoms with Crippen molar-refractivity contribution < 1.29 is 44.3 Å². The highest BCUT2D eigenvalue weighted by atomic mass is 19.3. The van der Waals surface area contributed by atoms with E-state index in [1.807, 2.05) is 0 Å². The third kappa shape index (κ3) is 3.26. The molecule has 0 amide bonds. The number of ether oxygens (including phenoxy) is 1. The van der Waals surface area contributed by atoms with E-state index in [-0.39, 0.29) is 13.8 Å². The second-order valence-electron chi connectivity index (χ2n) is 4.36. The first-order valence-corrected chi connectivity index (χ1v) is 4.79. The van der Waals surface area contributed by atoms with Gasteiger partial charge >= 0.3 is 12.2 Å². The minimum Gasteiger partial charge on any atom is -0.250 e. The summed E-state index contributed by atoms with van der Waals surface area (Å²) in [4.78, 5) is 0. The molecular weight excluding hydrogens is 295 g/mol.